The molecule has 0 saturated carbocycles. The van der Waals surface area contributed by atoms with E-state index in [1.54, 1.807) is 0 Å². The number of sulfonamides is 1. The van der Waals surface area contributed by atoms with Gasteiger partial charge in [0.1, 0.15) is 0 Å². The summed E-state index contributed by atoms with van der Waals surface area (Å²) in [7, 11) is -3.25. The van der Waals surface area contributed by atoms with Crippen molar-refractivity contribution in [3.8, 4) is 0 Å². The third-order valence-electron chi connectivity index (χ3n) is 2.68. The van der Waals surface area contributed by atoms with E-state index in [0.717, 1.165) is 6.42 Å². The minimum absolute atomic E-state index is 0.110. The number of hydrogen-bond acceptors (Lipinski definition) is 4. The zero-order chi connectivity index (χ0) is 12.9. The number of carboxylic acids is 1. The van der Waals surface area contributed by atoms with E-state index in [4.69, 9.17) is 9.84 Å². The Bertz CT molecular complexity index is 354. The lowest BCUT2D eigenvalue weighted by molar-refractivity contribution is -0.149. The highest BCUT2D eigenvalue weighted by atomic mass is 32.2. The van der Waals surface area contributed by atoms with Crippen molar-refractivity contribution in [1.29, 1.82) is 0 Å². The van der Waals surface area contributed by atoms with Crippen molar-refractivity contribution in [3.63, 3.8) is 0 Å². The first-order valence-corrected chi connectivity index (χ1v) is 7.45. The first kappa shape index (κ1) is 14.4. The van der Waals surface area contributed by atoms with Crippen molar-refractivity contribution in [1.82, 2.24) is 4.72 Å². The predicted molar refractivity (Wildman–Crippen MR) is 62.2 cm³/mol. The van der Waals surface area contributed by atoms with E-state index in [-0.39, 0.29) is 18.4 Å². The van der Waals surface area contributed by atoms with Gasteiger partial charge in [-0.3, -0.25) is 0 Å². The Morgan fingerprint density at radius 3 is 2.71 bits per heavy atom. The Hall–Kier alpha value is -0.660. The van der Waals surface area contributed by atoms with Gasteiger partial charge in [0.2, 0.25) is 10.0 Å². The molecule has 1 fully saturated rings. The van der Waals surface area contributed by atoms with Crippen LogP contribution in [0.15, 0.2) is 0 Å². The van der Waals surface area contributed by atoms with Crippen LogP contribution in [0.5, 0.6) is 0 Å². The van der Waals surface area contributed by atoms with Crippen molar-refractivity contribution in [2.75, 3.05) is 12.3 Å². The topological polar surface area (TPSA) is 92.7 Å². The van der Waals surface area contributed by atoms with E-state index in [1.165, 1.54) is 0 Å². The van der Waals surface area contributed by atoms with E-state index in [9.17, 15) is 13.2 Å². The third-order valence-corrected chi connectivity index (χ3v) is 4.11. The van der Waals surface area contributed by atoms with Gasteiger partial charge in [-0.15, -0.1) is 0 Å². The molecule has 0 aliphatic carbocycles. The summed E-state index contributed by atoms with van der Waals surface area (Å²) in [6, 6.07) is 0. The predicted octanol–water partition coefficient (Wildman–Crippen LogP) is 0.338. The maximum absolute atomic E-state index is 11.5. The highest BCUT2D eigenvalue weighted by Gasteiger charge is 2.30. The lowest BCUT2D eigenvalue weighted by atomic mass is 10.2. The Labute approximate surface area is 101 Å². The van der Waals surface area contributed by atoms with Gasteiger partial charge in [0, 0.05) is 6.54 Å². The molecule has 1 saturated heterocycles. The summed E-state index contributed by atoms with van der Waals surface area (Å²) >= 11 is 0. The van der Waals surface area contributed by atoms with Crippen LogP contribution in [0, 0.1) is 0 Å². The first-order chi connectivity index (χ1) is 7.94. The molecule has 1 rings (SSSR count). The number of hydrogen-bond donors (Lipinski definition) is 2. The minimum atomic E-state index is -3.25. The molecule has 0 amide bonds. The number of rotatable bonds is 7. The second-order valence-corrected chi connectivity index (χ2v) is 6.11. The molecule has 6 nitrogen and oxygen atoms in total. The monoisotopic (exact) mass is 265 g/mol. The molecule has 0 aromatic carbocycles. The number of ether oxygens (including phenoxy) is 1. The van der Waals surface area contributed by atoms with Crippen molar-refractivity contribution in [3.05, 3.63) is 0 Å². The first-order valence-electron chi connectivity index (χ1n) is 5.80. The Morgan fingerprint density at radius 2 is 2.18 bits per heavy atom. The van der Waals surface area contributed by atoms with Crippen LogP contribution >= 0.6 is 0 Å². The molecule has 0 aromatic heterocycles. The Kier molecular flexibility index (Phi) is 5.35. The van der Waals surface area contributed by atoms with Crippen LogP contribution in [0.3, 0.4) is 0 Å². The van der Waals surface area contributed by atoms with Crippen LogP contribution in [-0.2, 0) is 19.6 Å². The molecule has 0 bridgehead atoms. The molecule has 1 heterocycles. The van der Waals surface area contributed by atoms with Gasteiger partial charge in [0.15, 0.2) is 6.10 Å². The van der Waals surface area contributed by atoms with Crippen molar-refractivity contribution >= 4 is 16.0 Å². The van der Waals surface area contributed by atoms with E-state index in [2.05, 4.69) is 4.72 Å². The van der Waals surface area contributed by atoms with Gasteiger partial charge in [0.25, 0.3) is 0 Å². The summed E-state index contributed by atoms with van der Waals surface area (Å²) in [5, 5.41) is 8.71. The quantitative estimate of drug-likeness (QED) is 0.692. The molecule has 100 valence electrons. The van der Waals surface area contributed by atoms with Crippen LogP contribution in [0.25, 0.3) is 0 Å². The van der Waals surface area contributed by atoms with Crippen molar-refractivity contribution in [2.45, 2.75) is 44.8 Å². The van der Waals surface area contributed by atoms with Crippen LogP contribution in [-0.4, -0.2) is 44.0 Å². The molecular weight excluding hydrogens is 246 g/mol. The van der Waals surface area contributed by atoms with Gasteiger partial charge in [-0.05, 0) is 19.3 Å². The van der Waals surface area contributed by atoms with Gasteiger partial charge in [-0.2, -0.15) is 0 Å². The maximum Gasteiger partial charge on any atom is 0.332 e. The lowest BCUT2D eigenvalue weighted by Crippen LogP contribution is -2.34. The highest BCUT2D eigenvalue weighted by molar-refractivity contribution is 7.89. The fourth-order valence-corrected chi connectivity index (χ4v) is 2.92. The van der Waals surface area contributed by atoms with Crippen molar-refractivity contribution in [2.24, 2.45) is 0 Å². The second-order valence-electron chi connectivity index (χ2n) is 4.18. The lowest BCUT2D eigenvalue weighted by Gasteiger charge is -2.12. The summed E-state index contributed by atoms with van der Waals surface area (Å²) in [6.45, 7) is 2.09. The Morgan fingerprint density at radius 1 is 1.47 bits per heavy atom. The standard InChI is InChI=1S/C10H19NO5S/c1-2-3-6-17(14,15)11-7-8-4-5-9(16-8)10(12)13/h8-9,11H,2-7H2,1H3,(H,12,13). The molecule has 7 heteroatoms. The van der Waals surface area contributed by atoms with Crippen LogP contribution in [0.2, 0.25) is 0 Å². The summed E-state index contributed by atoms with van der Waals surface area (Å²) in [5.41, 5.74) is 0. The number of aliphatic carboxylic acids is 1. The van der Waals surface area contributed by atoms with Gasteiger partial charge < -0.3 is 9.84 Å². The van der Waals surface area contributed by atoms with Gasteiger partial charge in [-0.1, -0.05) is 13.3 Å². The average Bonchev–Trinajstić information content (AvgIpc) is 2.73. The molecule has 2 N–H and O–H groups in total. The number of carbonyl (C=O) groups is 1. The highest BCUT2D eigenvalue weighted by Crippen LogP contribution is 2.19. The molecule has 0 radical (unpaired) electrons. The van der Waals surface area contributed by atoms with Crippen molar-refractivity contribution < 1.29 is 23.1 Å². The molecule has 1 aliphatic heterocycles. The second kappa shape index (κ2) is 6.32. The number of carboxylic acid groups (broad SMARTS) is 1. The summed E-state index contributed by atoms with van der Waals surface area (Å²) in [5.74, 6) is -0.875. The van der Waals surface area contributed by atoms with Crippen LogP contribution in [0.1, 0.15) is 32.6 Å². The van der Waals surface area contributed by atoms with Gasteiger partial charge in [-0.25, -0.2) is 17.9 Å². The average molecular weight is 265 g/mol. The van der Waals surface area contributed by atoms with E-state index < -0.39 is 22.1 Å². The van der Waals surface area contributed by atoms with Gasteiger partial charge in [0.05, 0.1) is 11.9 Å². The number of unbranched alkanes of at least 4 members (excludes halogenated alkanes) is 1. The Balaban J connectivity index is 2.30. The molecular formula is C10H19NO5S. The normalized spacial score (nSPS) is 25.0. The van der Waals surface area contributed by atoms with Crippen LogP contribution < -0.4 is 4.72 Å². The largest absolute Gasteiger partial charge is 0.479 e. The van der Waals surface area contributed by atoms with Crippen LogP contribution in [0.4, 0.5) is 0 Å². The fourth-order valence-electron chi connectivity index (χ4n) is 1.66. The van der Waals surface area contributed by atoms with Gasteiger partial charge >= 0.3 is 5.97 Å². The van der Waals surface area contributed by atoms with E-state index in [1.807, 2.05) is 6.92 Å². The molecule has 2 unspecified atom stereocenters. The van der Waals surface area contributed by atoms with E-state index >= 15 is 0 Å². The molecule has 17 heavy (non-hydrogen) atoms. The molecule has 0 spiro atoms. The fraction of sp³-hybridized carbons (Fsp3) is 0.900. The molecule has 2 atom stereocenters. The SMILES string of the molecule is CCCCS(=O)(=O)NCC1CCC(C(=O)O)O1. The maximum atomic E-state index is 11.5. The molecule has 0 aromatic rings. The summed E-state index contributed by atoms with van der Waals surface area (Å²) in [6.07, 6.45) is 1.34. The third kappa shape index (κ3) is 5.01. The number of nitrogens with one attached hydrogen (secondary N) is 1. The zero-order valence-electron chi connectivity index (χ0n) is 9.89. The minimum Gasteiger partial charge on any atom is -0.479 e. The van der Waals surface area contributed by atoms with E-state index in [0.29, 0.717) is 19.3 Å². The summed E-state index contributed by atoms with van der Waals surface area (Å²) < 4.78 is 30.6. The smallest absolute Gasteiger partial charge is 0.332 e. The molecule has 1 aliphatic rings. The zero-order valence-corrected chi connectivity index (χ0v) is 10.7. The summed E-state index contributed by atoms with van der Waals surface area (Å²) in [4.78, 5) is 10.6.